The number of carbonyl (C=O) groups excluding carboxylic acids is 1. The van der Waals surface area contributed by atoms with Gasteiger partial charge in [-0.05, 0) is 13.8 Å². The summed E-state index contributed by atoms with van der Waals surface area (Å²) < 4.78 is 0. The Morgan fingerprint density at radius 2 is 2.31 bits per heavy atom. The van der Waals surface area contributed by atoms with E-state index in [-0.39, 0.29) is 6.03 Å². The predicted octanol–water partition coefficient (Wildman–Crippen LogP) is 0.433. The summed E-state index contributed by atoms with van der Waals surface area (Å²) in [5.74, 6) is 4.91. The van der Waals surface area contributed by atoms with Crippen LogP contribution in [0, 0.1) is 13.8 Å². The number of aryl methyl sites for hydroxylation is 2. The van der Waals surface area contributed by atoms with Gasteiger partial charge in [0.15, 0.2) is 0 Å². The highest BCUT2D eigenvalue weighted by Gasteiger charge is 2.05. The number of carbonyl (C=O) groups is 1. The van der Waals surface area contributed by atoms with Crippen LogP contribution in [0.25, 0.3) is 0 Å². The minimum atomic E-state index is -0.384. The van der Waals surface area contributed by atoms with Gasteiger partial charge in [0.05, 0.1) is 17.2 Å². The van der Waals surface area contributed by atoms with Gasteiger partial charge in [-0.1, -0.05) is 0 Å². The average Bonchev–Trinajstić information content (AvgIpc) is 2.41. The Bertz CT molecular complexity index is 309. The van der Waals surface area contributed by atoms with Gasteiger partial charge in [-0.15, -0.1) is 11.3 Å². The number of urea groups is 1. The summed E-state index contributed by atoms with van der Waals surface area (Å²) >= 11 is 1.57. The van der Waals surface area contributed by atoms with Gasteiger partial charge in [-0.3, -0.25) is 5.43 Å². The summed E-state index contributed by atoms with van der Waals surface area (Å²) in [6, 6.07) is -0.384. The van der Waals surface area contributed by atoms with Crippen molar-refractivity contribution in [3.05, 3.63) is 15.6 Å². The first kappa shape index (κ1) is 9.94. The van der Waals surface area contributed by atoms with Crippen LogP contribution < -0.4 is 16.6 Å². The van der Waals surface area contributed by atoms with E-state index in [0.29, 0.717) is 6.54 Å². The van der Waals surface area contributed by atoms with Crippen molar-refractivity contribution in [2.24, 2.45) is 5.84 Å². The zero-order valence-electron chi connectivity index (χ0n) is 7.55. The Balaban J connectivity index is 2.54. The van der Waals surface area contributed by atoms with Gasteiger partial charge in [0.2, 0.25) is 0 Å². The molecule has 0 saturated heterocycles. The molecule has 2 amide bonds. The number of nitrogens with two attached hydrogens (primary N) is 1. The molecule has 1 aromatic heterocycles. The molecule has 0 aromatic carbocycles. The summed E-state index contributed by atoms with van der Waals surface area (Å²) in [5.41, 5.74) is 2.95. The van der Waals surface area contributed by atoms with Crippen LogP contribution in [0.4, 0.5) is 4.79 Å². The molecule has 0 saturated carbocycles. The summed E-state index contributed by atoms with van der Waals surface area (Å²) in [6.45, 7) is 4.32. The Labute approximate surface area is 80.3 Å². The molecule has 1 aromatic rings. The van der Waals surface area contributed by atoms with Crippen molar-refractivity contribution in [1.29, 1.82) is 0 Å². The van der Waals surface area contributed by atoms with Crippen LogP contribution in [0.5, 0.6) is 0 Å². The number of hydrogen-bond donors (Lipinski definition) is 3. The highest BCUT2D eigenvalue weighted by Crippen LogP contribution is 2.16. The molecule has 0 unspecified atom stereocenters. The van der Waals surface area contributed by atoms with Crippen molar-refractivity contribution in [2.75, 3.05) is 0 Å². The van der Waals surface area contributed by atoms with Crippen molar-refractivity contribution in [2.45, 2.75) is 20.4 Å². The van der Waals surface area contributed by atoms with E-state index in [4.69, 9.17) is 5.84 Å². The van der Waals surface area contributed by atoms with E-state index in [1.165, 1.54) is 0 Å². The summed E-state index contributed by atoms with van der Waals surface area (Å²) in [7, 11) is 0. The average molecular weight is 200 g/mol. The zero-order valence-corrected chi connectivity index (χ0v) is 8.36. The molecule has 5 nitrogen and oxygen atoms in total. The topological polar surface area (TPSA) is 80.0 Å². The molecule has 4 N–H and O–H groups in total. The lowest BCUT2D eigenvalue weighted by molar-refractivity contribution is 0.241. The Kier molecular flexibility index (Phi) is 3.21. The highest BCUT2D eigenvalue weighted by atomic mass is 32.1. The standard InChI is InChI=1S/C7H12N4OS/c1-4-6(13-5(2)10-4)3-9-7(12)11-8/h3,8H2,1-2H3,(H2,9,11,12). The van der Waals surface area contributed by atoms with E-state index < -0.39 is 0 Å². The SMILES string of the molecule is Cc1nc(C)c(CNC(=O)NN)s1. The van der Waals surface area contributed by atoms with Gasteiger partial charge in [0, 0.05) is 4.88 Å². The Hall–Kier alpha value is -1.14. The van der Waals surface area contributed by atoms with Crippen LogP contribution in [-0.4, -0.2) is 11.0 Å². The quantitative estimate of drug-likeness (QED) is 0.368. The molecular weight excluding hydrogens is 188 g/mol. The number of nitrogens with zero attached hydrogens (tertiary/aromatic N) is 1. The summed E-state index contributed by atoms with van der Waals surface area (Å²) in [6.07, 6.45) is 0. The van der Waals surface area contributed by atoms with E-state index in [2.05, 4.69) is 10.3 Å². The van der Waals surface area contributed by atoms with E-state index in [9.17, 15) is 4.79 Å². The smallest absolute Gasteiger partial charge is 0.329 e. The number of rotatable bonds is 2. The molecule has 0 bridgehead atoms. The summed E-state index contributed by atoms with van der Waals surface area (Å²) in [4.78, 5) is 16.0. The molecule has 1 rings (SSSR count). The molecule has 0 fully saturated rings. The number of hydrogen-bond acceptors (Lipinski definition) is 4. The largest absolute Gasteiger partial charge is 0.332 e. The number of thiazole rings is 1. The molecule has 0 aliphatic heterocycles. The van der Waals surface area contributed by atoms with E-state index in [0.717, 1.165) is 15.6 Å². The van der Waals surface area contributed by atoms with Crippen LogP contribution in [0.3, 0.4) is 0 Å². The van der Waals surface area contributed by atoms with Crippen LogP contribution in [0.15, 0.2) is 0 Å². The van der Waals surface area contributed by atoms with Crippen molar-refractivity contribution >= 4 is 17.4 Å². The minimum absolute atomic E-state index is 0.384. The third-order valence-corrected chi connectivity index (χ3v) is 2.61. The molecule has 1 heterocycles. The molecule has 0 aliphatic carbocycles. The Morgan fingerprint density at radius 1 is 1.62 bits per heavy atom. The van der Waals surface area contributed by atoms with Crippen LogP contribution in [0.2, 0.25) is 0 Å². The second kappa shape index (κ2) is 4.20. The van der Waals surface area contributed by atoms with E-state index >= 15 is 0 Å². The molecule has 0 spiro atoms. The van der Waals surface area contributed by atoms with Crippen molar-refractivity contribution in [1.82, 2.24) is 15.7 Å². The maximum atomic E-state index is 10.7. The summed E-state index contributed by atoms with van der Waals surface area (Å²) in [5, 5.41) is 3.60. The molecule has 13 heavy (non-hydrogen) atoms. The third-order valence-electron chi connectivity index (χ3n) is 1.54. The zero-order chi connectivity index (χ0) is 9.84. The normalized spacial score (nSPS) is 9.77. The molecule has 0 radical (unpaired) electrons. The second-order valence-electron chi connectivity index (χ2n) is 2.57. The lowest BCUT2D eigenvalue weighted by Gasteiger charge is -2.01. The highest BCUT2D eigenvalue weighted by molar-refractivity contribution is 7.11. The number of hydrazine groups is 1. The number of nitrogens with one attached hydrogen (secondary N) is 2. The first-order valence-corrected chi connectivity index (χ1v) is 4.62. The molecule has 0 atom stereocenters. The van der Waals surface area contributed by atoms with Gasteiger partial charge < -0.3 is 5.32 Å². The molecule has 6 heteroatoms. The van der Waals surface area contributed by atoms with E-state index in [1.54, 1.807) is 11.3 Å². The molecule has 72 valence electrons. The molecule has 0 aliphatic rings. The first-order chi connectivity index (χ1) is 6.13. The van der Waals surface area contributed by atoms with Crippen LogP contribution in [-0.2, 0) is 6.54 Å². The predicted molar refractivity (Wildman–Crippen MR) is 51.1 cm³/mol. The van der Waals surface area contributed by atoms with Crippen molar-refractivity contribution < 1.29 is 4.79 Å². The van der Waals surface area contributed by atoms with Gasteiger partial charge >= 0.3 is 6.03 Å². The fourth-order valence-electron chi connectivity index (χ4n) is 0.949. The third kappa shape index (κ3) is 2.67. The van der Waals surface area contributed by atoms with Crippen LogP contribution >= 0.6 is 11.3 Å². The maximum Gasteiger partial charge on any atom is 0.329 e. The Morgan fingerprint density at radius 3 is 2.77 bits per heavy atom. The molecular formula is C7H12N4OS. The van der Waals surface area contributed by atoms with Gasteiger partial charge in [-0.2, -0.15) is 0 Å². The van der Waals surface area contributed by atoms with Crippen molar-refractivity contribution in [3.8, 4) is 0 Å². The number of amides is 2. The lowest BCUT2D eigenvalue weighted by atomic mass is 10.4. The van der Waals surface area contributed by atoms with Crippen LogP contribution in [0.1, 0.15) is 15.6 Å². The van der Waals surface area contributed by atoms with E-state index in [1.807, 2.05) is 19.3 Å². The fourth-order valence-corrected chi connectivity index (χ4v) is 1.83. The lowest BCUT2D eigenvalue weighted by Crippen LogP contribution is -2.39. The van der Waals surface area contributed by atoms with Gasteiger partial charge in [-0.25, -0.2) is 15.6 Å². The first-order valence-electron chi connectivity index (χ1n) is 3.81. The maximum absolute atomic E-state index is 10.7. The minimum Gasteiger partial charge on any atom is -0.332 e. The second-order valence-corrected chi connectivity index (χ2v) is 3.86. The van der Waals surface area contributed by atoms with Crippen molar-refractivity contribution in [3.63, 3.8) is 0 Å². The van der Waals surface area contributed by atoms with Gasteiger partial charge in [0.25, 0.3) is 0 Å². The monoisotopic (exact) mass is 200 g/mol. The number of aromatic nitrogens is 1. The fraction of sp³-hybridized carbons (Fsp3) is 0.429. The van der Waals surface area contributed by atoms with Gasteiger partial charge in [0.1, 0.15) is 0 Å².